The van der Waals surface area contributed by atoms with Crippen LogP contribution in [0, 0.1) is 5.92 Å². The standard InChI is InChI=1S/C17H26N2O/c20-17-6-3-4-15(17)16-5-1-2-12-19(16)13-9-14-7-10-18-11-8-14/h7-8,10-11,15-17,20H,1-6,9,12-13H2. The molecule has 110 valence electrons. The smallest absolute Gasteiger partial charge is 0.0583 e. The maximum atomic E-state index is 10.2. The van der Waals surface area contributed by atoms with Crippen molar-refractivity contribution < 1.29 is 5.11 Å². The van der Waals surface area contributed by atoms with Crippen LogP contribution in [0.25, 0.3) is 0 Å². The maximum Gasteiger partial charge on any atom is 0.0583 e. The topological polar surface area (TPSA) is 36.4 Å². The number of aromatic nitrogens is 1. The van der Waals surface area contributed by atoms with Gasteiger partial charge in [0, 0.05) is 30.9 Å². The van der Waals surface area contributed by atoms with Crippen LogP contribution in [0.3, 0.4) is 0 Å². The molecule has 0 spiro atoms. The molecule has 0 radical (unpaired) electrons. The monoisotopic (exact) mass is 274 g/mol. The molecular formula is C17H26N2O. The molecule has 3 nitrogen and oxygen atoms in total. The van der Waals surface area contributed by atoms with Gasteiger partial charge in [0.2, 0.25) is 0 Å². The Morgan fingerprint density at radius 2 is 1.95 bits per heavy atom. The van der Waals surface area contributed by atoms with Gasteiger partial charge in [-0.15, -0.1) is 0 Å². The van der Waals surface area contributed by atoms with Crippen LogP contribution in [0.15, 0.2) is 24.5 Å². The van der Waals surface area contributed by atoms with Gasteiger partial charge in [0.1, 0.15) is 0 Å². The zero-order valence-corrected chi connectivity index (χ0v) is 12.2. The van der Waals surface area contributed by atoms with Crippen molar-refractivity contribution in [1.82, 2.24) is 9.88 Å². The van der Waals surface area contributed by atoms with Crippen molar-refractivity contribution in [3.63, 3.8) is 0 Å². The summed E-state index contributed by atoms with van der Waals surface area (Å²) in [6.07, 6.45) is 12.2. The Bertz CT molecular complexity index is 409. The zero-order valence-electron chi connectivity index (χ0n) is 12.2. The van der Waals surface area contributed by atoms with Gasteiger partial charge in [-0.05, 0) is 56.3 Å². The first-order valence-electron chi connectivity index (χ1n) is 8.15. The fourth-order valence-corrected chi connectivity index (χ4v) is 4.02. The van der Waals surface area contributed by atoms with Crippen molar-refractivity contribution in [2.75, 3.05) is 13.1 Å². The summed E-state index contributed by atoms with van der Waals surface area (Å²) in [6, 6.07) is 4.84. The van der Waals surface area contributed by atoms with Crippen molar-refractivity contribution in [2.24, 2.45) is 5.92 Å². The highest BCUT2D eigenvalue weighted by Gasteiger charge is 2.36. The average Bonchev–Trinajstić information content (AvgIpc) is 2.92. The number of aliphatic hydroxyl groups excluding tert-OH is 1. The molecule has 2 aliphatic rings. The molecule has 0 amide bonds. The van der Waals surface area contributed by atoms with E-state index in [1.165, 1.54) is 44.2 Å². The molecule has 3 unspecified atom stereocenters. The van der Waals surface area contributed by atoms with Crippen LogP contribution in [0.2, 0.25) is 0 Å². The van der Waals surface area contributed by atoms with E-state index >= 15 is 0 Å². The van der Waals surface area contributed by atoms with Crippen molar-refractivity contribution in [3.05, 3.63) is 30.1 Å². The number of aliphatic hydroxyl groups is 1. The normalized spacial score (nSPS) is 31.6. The third-order valence-corrected chi connectivity index (χ3v) is 5.13. The minimum absolute atomic E-state index is 0.0541. The van der Waals surface area contributed by atoms with Crippen LogP contribution in [0.4, 0.5) is 0 Å². The van der Waals surface area contributed by atoms with Crippen molar-refractivity contribution >= 4 is 0 Å². The number of nitrogens with zero attached hydrogens (tertiary/aromatic N) is 2. The van der Waals surface area contributed by atoms with Crippen molar-refractivity contribution in [3.8, 4) is 0 Å². The molecule has 20 heavy (non-hydrogen) atoms. The highest BCUT2D eigenvalue weighted by Crippen LogP contribution is 2.35. The second kappa shape index (κ2) is 6.68. The number of hydrogen-bond donors (Lipinski definition) is 1. The van der Waals surface area contributed by atoms with Crippen LogP contribution in [-0.2, 0) is 6.42 Å². The third-order valence-electron chi connectivity index (χ3n) is 5.13. The van der Waals surface area contributed by atoms with Gasteiger partial charge in [-0.1, -0.05) is 12.8 Å². The summed E-state index contributed by atoms with van der Waals surface area (Å²) in [7, 11) is 0. The Hall–Kier alpha value is -0.930. The van der Waals surface area contributed by atoms with Gasteiger partial charge < -0.3 is 5.11 Å². The first kappa shape index (κ1) is 14.0. The molecule has 1 saturated carbocycles. The van der Waals surface area contributed by atoms with E-state index in [0.29, 0.717) is 12.0 Å². The largest absolute Gasteiger partial charge is 0.393 e. The summed E-state index contributed by atoms with van der Waals surface area (Å²) in [4.78, 5) is 6.72. The molecule has 3 rings (SSSR count). The second-order valence-corrected chi connectivity index (χ2v) is 6.37. The van der Waals surface area contributed by atoms with Gasteiger partial charge in [-0.25, -0.2) is 0 Å². The lowest BCUT2D eigenvalue weighted by atomic mass is 9.87. The molecule has 2 fully saturated rings. The predicted molar refractivity (Wildman–Crippen MR) is 80.5 cm³/mol. The van der Waals surface area contributed by atoms with E-state index in [0.717, 1.165) is 19.4 Å². The van der Waals surface area contributed by atoms with Crippen LogP contribution in [-0.4, -0.2) is 40.2 Å². The molecule has 1 aliphatic heterocycles. The Labute approximate surface area is 122 Å². The average molecular weight is 274 g/mol. The lowest BCUT2D eigenvalue weighted by molar-refractivity contribution is 0.0361. The van der Waals surface area contributed by atoms with Crippen LogP contribution >= 0.6 is 0 Å². The van der Waals surface area contributed by atoms with Crippen LogP contribution in [0.5, 0.6) is 0 Å². The van der Waals surface area contributed by atoms with Gasteiger partial charge in [-0.3, -0.25) is 9.88 Å². The molecule has 3 atom stereocenters. The Morgan fingerprint density at radius 3 is 2.70 bits per heavy atom. The SMILES string of the molecule is OC1CCCC1C1CCCCN1CCc1ccncc1. The summed E-state index contributed by atoms with van der Waals surface area (Å²) in [5.74, 6) is 0.521. The number of likely N-dealkylation sites (tertiary alicyclic amines) is 1. The van der Waals surface area contributed by atoms with E-state index in [-0.39, 0.29) is 6.10 Å². The van der Waals surface area contributed by atoms with E-state index in [4.69, 9.17) is 0 Å². The highest BCUT2D eigenvalue weighted by atomic mass is 16.3. The third kappa shape index (κ3) is 3.21. The molecule has 0 aromatic carbocycles. The predicted octanol–water partition coefficient (Wildman–Crippen LogP) is 2.64. The highest BCUT2D eigenvalue weighted by molar-refractivity contribution is 5.10. The van der Waals surface area contributed by atoms with Gasteiger partial charge >= 0.3 is 0 Å². The minimum Gasteiger partial charge on any atom is -0.393 e. The van der Waals surface area contributed by atoms with E-state index in [1.807, 2.05) is 12.4 Å². The molecular weight excluding hydrogens is 248 g/mol. The summed E-state index contributed by atoms with van der Waals surface area (Å²) in [6.45, 7) is 2.33. The molecule has 3 heteroatoms. The summed E-state index contributed by atoms with van der Waals surface area (Å²) in [5.41, 5.74) is 1.37. The zero-order chi connectivity index (χ0) is 13.8. The minimum atomic E-state index is -0.0541. The molecule has 1 aromatic heterocycles. The van der Waals surface area contributed by atoms with Crippen LogP contribution in [0.1, 0.15) is 44.1 Å². The lowest BCUT2D eigenvalue weighted by Crippen LogP contribution is -2.47. The Balaban J connectivity index is 1.60. The van der Waals surface area contributed by atoms with E-state index in [1.54, 1.807) is 0 Å². The summed E-state index contributed by atoms with van der Waals surface area (Å²) >= 11 is 0. The van der Waals surface area contributed by atoms with Gasteiger partial charge in [0.15, 0.2) is 0 Å². The van der Waals surface area contributed by atoms with Gasteiger partial charge in [0.25, 0.3) is 0 Å². The van der Waals surface area contributed by atoms with Crippen LogP contribution < -0.4 is 0 Å². The first-order chi connectivity index (χ1) is 9.84. The number of rotatable bonds is 4. The Morgan fingerprint density at radius 1 is 1.10 bits per heavy atom. The first-order valence-corrected chi connectivity index (χ1v) is 8.15. The summed E-state index contributed by atoms with van der Waals surface area (Å²) in [5, 5.41) is 10.2. The van der Waals surface area contributed by atoms with E-state index < -0.39 is 0 Å². The lowest BCUT2D eigenvalue weighted by Gasteiger charge is -2.40. The van der Waals surface area contributed by atoms with Gasteiger partial charge in [0.05, 0.1) is 6.10 Å². The molecule has 1 aliphatic carbocycles. The van der Waals surface area contributed by atoms with Crippen molar-refractivity contribution in [2.45, 2.75) is 57.1 Å². The maximum absolute atomic E-state index is 10.2. The van der Waals surface area contributed by atoms with Gasteiger partial charge in [-0.2, -0.15) is 0 Å². The van der Waals surface area contributed by atoms with E-state index in [9.17, 15) is 5.11 Å². The summed E-state index contributed by atoms with van der Waals surface area (Å²) < 4.78 is 0. The van der Waals surface area contributed by atoms with Crippen molar-refractivity contribution in [1.29, 1.82) is 0 Å². The molecule has 2 heterocycles. The molecule has 1 aromatic rings. The van der Waals surface area contributed by atoms with E-state index in [2.05, 4.69) is 22.0 Å². The second-order valence-electron chi connectivity index (χ2n) is 6.37. The number of pyridine rings is 1. The quantitative estimate of drug-likeness (QED) is 0.917. The molecule has 1 N–H and O–H groups in total. The Kier molecular flexibility index (Phi) is 4.69. The number of piperidine rings is 1. The fourth-order valence-electron chi connectivity index (χ4n) is 4.02. The molecule has 0 bridgehead atoms. The molecule has 1 saturated heterocycles. The number of hydrogen-bond acceptors (Lipinski definition) is 3. The fraction of sp³-hybridized carbons (Fsp3) is 0.706.